The summed E-state index contributed by atoms with van der Waals surface area (Å²) in [6.45, 7) is 10.4. The van der Waals surface area contributed by atoms with Gasteiger partial charge in [-0.1, -0.05) is 13.8 Å². The van der Waals surface area contributed by atoms with Crippen LogP contribution in [0.5, 0.6) is 0 Å². The zero-order valence-electron chi connectivity index (χ0n) is 11.5. The maximum Gasteiger partial charge on any atom is 0.0588 e. The van der Waals surface area contributed by atoms with Gasteiger partial charge in [-0.25, -0.2) is 0 Å². The molecule has 0 bridgehead atoms. The van der Waals surface area contributed by atoms with E-state index < -0.39 is 0 Å². The fourth-order valence-electron chi connectivity index (χ4n) is 3.20. The van der Waals surface area contributed by atoms with Crippen LogP contribution in [-0.2, 0) is 4.74 Å². The lowest BCUT2D eigenvalue weighted by Gasteiger charge is -2.37. The van der Waals surface area contributed by atoms with Crippen molar-refractivity contribution >= 4 is 0 Å². The van der Waals surface area contributed by atoms with Gasteiger partial charge >= 0.3 is 0 Å². The van der Waals surface area contributed by atoms with Crippen molar-refractivity contribution in [3.05, 3.63) is 0 Å². The van der Waals surface area contributed by atoms with Gasteiger partial charge in [-0.3, -0.25) is 0 Å². The van der Waals surface area contributed by atoms with Crippen LogP contribution >= 0.6 is 0 Å². The summed E-state index contributed by atoms with van der Waals surface area (Å²) >= 11 is 0. The van der Waals surface area contributed by atoms with E-state index in [2.05, 4.69) is 24.1 Å². The van der Waals surface area contributed by atoms with E-state index in [4.69, 9.17) is 4.74 Å². The Labute approximate surface area is 106 Å². The minimum atomic E-state index is 0.553. The Kier molecular flexibility index (Phi) is 5.26. The van der Waals surface area contributed by atoms with Crippen molar-refractivity contribution in [1.82, 2.24) is 10.2 Å². The molecule has 3 heteroatoms. The van der Waals surface area contributed by atoms with Crippen LogP contribution in [0.3, 0.4) is 0 Å². The van der Waals surface area contributed by atoms with E-state index in [9.17, 15) is 0 Å². The van der Waals surface area contributed by atoms with Crippen molar-refractivity contribution in [2.45, 2.75) is 51.7 Å². The summed E-state index contributed by atoms with van der Waals surface area (Å²) < 4.78 is 5.69. The maximum atomic E-state index is 5.69. The van der Waals surface area contributed by atoms with Crippen molar-refractivity contribution < 1.29 is 4.74 Å². The summed E-state index contributed by atoms with van der Waals surface area (Å²) in [6, 6.07) is 0.735. The number of ether oxygens (including phenoxy) is 1. The third-order valence-corrected chi connectivity index (χ3v) is 4.25. The van der Waals surface area contributed by atoms with Gasteiger partial charge in [0, 0.05) is 25.7 Å². The Hall–Kier alpha value is -0.120. The molecule has 0 aromatic rings. The summed E-state index contributed by atoms with van der Waals surface area (Å²) in [7, 11) is 0. The summed E-state index contributed by atoms with van der Waals surface area (Å²) in [5.41, 5.74) is 0. The lowest BCUT2D eigenvalue weighted by molar-refractivity contribution is 0.0793. The molecule has 100 valence electrons. The number of likely N-dealkylation sites (tertiary alicyclic amines) is 1. The van der Waals surface area contributed by atoms with Crippen LogP contribution in [0.4, 0.5) is 0 Å². The molecule has 3 unspecified atom stereocenters. The van der Waals surface area contributed by atoms with Gasteiger partial charge in [-0.2, -0.15) is 0 Å². The Balaban J connectivity index is 1.66. The number of hydrogen-bond acceptors (Lipinski definition) is 3. The normalized spacial score (nSPS) is 35.3. The quantitative estimate of drug-likeness (QED) is 0.794. The van der Waals surface area contributed by atoms with Gasteiger partial charge < -0.3 is 15.0 Å². The van der Waals surface area contributed by atoms with Gasteiger partial charge in [-0.05, 0) is 44.7 Å². The summed E-state index contributed by atoms with van der Waals surface area (Å²) in [5.74, 6) is 0.785. The second-order valence-corrected chi connectivity index (χ2v) is 5.65. The predicted molar refractivity (Wildman–Crippen MR) is 71.3 cm³/mol. The molecule has 2 saturated heterocycles. The molecule has 3 atom stereocenters. The summed E-state index contributed by atoms with van der Waals surface area (Å²) in [6.07, 6.45) is 5.64. The number of rotatable bonds is 5. The van der Waals surface area contributed by atoms with E-state index in [1.807, 2.05) is 0 Å². The third-order valence-electron chi connectivity index (χ3n) is 4.25. The SMILES string of the molecule is CCNC1CCN(CCC2CCCO2)CC1C. The monoisotopic (exact) mass is 240 g/mol. The summed E-state index contributed by atoms with van der Waals surface area (Å²) in [5, 5.41) is 3.60. The molecule has 0 radical (unpaired) electrons. The molecule has 0 aromatic carbocycles. The minimum Gasteiger partial charge on any atom is -0.378 e. The average molecular weight is 240 g/mol. The van der Waals surface area contributed by atoms with Crippen LogP contribution in [0.2, 0.25) is 0 Å². The van der Waals surface area contributed by atoms with Crippen molar-refractivity contribution in [1.29, 1.82) is 0 Å². The van der Waals surface area contributed by atoms with E-state index in [-0.39, 0.29) is 0 Å². The lowest BCUT2D eigenvalue weighted by atomic mass is 9.93. The molecule has 2 rings (SSSR count). The second-order valence-electron chi connectivity index (χ2n) is 5.65. The molecule has 1 N–H and O–H groups in total. The zero-order valence-corrected chi connectivity index (χ0v) is 11.5. The first-order valence-electron chi connectivity index (χ1n) is 7.37. The molecule has 2 heterocycles. The Morgan fingerprint density at radius 3 is 2.88 bits per heavy atom. The third kappa shape index (κ3) is 3.94. The fraction of sp³-hybridized carbons (Fsp3) is 1.00. The van der Waals surface area contributed by atoms with Gasteiger partial charge in [0.2, 0.25) is 0 Å². The number of nitrogens with zero attached hydrogens (tertiary/aromatic N) is 1. The van der Waals surface area contributed by atoms with E-state index in [0.717, 1.165) is 25.1 Å². The molecule has 0 aliphatic carbocycles. The van der Waals surface area contributed by atoms with Gasteiger partial charge in [0.05, 0.1) is 6.10 Å². The fourth-order valence-corrected chi connectivity index (χ4v) is 3.20. The van der Waals surface area contributed by atoms with Gasteiger partial charge in [0.25, 0.3) is 0 Å². The van der Waals surface area contributed by atoms with Crippen LogP contribution < -0.4 is 5.32 Å². The Bertz CT molecular complexity index is 216. The second kappa shape index (κ2) is 6.72. The molecule has 0 aromatic heterocycles. The number of piperidine rings is 1. The molecule has 0 amide bonds. The summed E-state index contributed by atoms with van der Waals surface area (Å²) in [4.78, 5) is 2.63. The highest BCUT2D eigenvalue weighted by Gasteiger charge is 2.25. The van der Waals surface area contributed by atoms with E-state index in [1.54, 1.807) is 0 Å². The number of nitrogens with one attached hydrogen (secondary N) is 1. The van der Waals surface area contributed by atoms with Gasteiger partial charge in [0.15, 0.2) is 0 Å². The highest BCUT2D eigenvalue weighted by atomic mass is 16.5. The molecule has 3 nitrogen and oxygen atoms in total. The van der Waals surface area contributed by atoms with Crippen molar-refractivity contribution in [2.75, 3.05) is 32.8 Å². The molecular weight excluding hydrogens is 212 g/mol. The first-order valence-corrected chi connectivity index (χ1v) is 7.37. The molecule has 0 spiro atoms. The van der Waals surface area contributed by atoms with Crippen LogP contribution in [0.1, 0.15) is 39.5 Å². The zero-order chi connectivity index (χ0) is 12.1. The number of hydrogen-bond donors (Lipinski definition) is 1. The molecule has 2 aliphatic rings. The van der Waals surface area contributed by atoms with E-state index in [1.165, 1.54) is 45.3 Å². The topological polar surface area (TPSA) is 24.5 Å². The van der Waals surface area contributed by atoms with Crippen molar-refractivity contribution in [3.63, 3.8) is 0 Å². The standard InChI is InChI=1S/C14H28N2O/c1-3-15-14-7-9-16(11-12(14)2)8-6-13-5-4-10-17-13/h12-15H,3-11H2,1-2H3. The molecule has 17 heavy (non-hydrogen) atoms. The van der Waals surface area contributed by atoms with Gasteiger partial charge in [0.1, 0.15) is 0 Å². The average Bonchev–Trinajstić information content (AvgIpc) is 2.83. The molecule has 2 aliphatic heterocycles. The van der Waals surface area contributed by atoms with E-state index >= 15 is 0 Å². The van der Waals surface area contributed by atoms with Gasteiger partial charge in [-0.15, -0.1) is 0 Å². The molecule has 2 fully saturated rings. The highest BCUT2D eigenvalue weighted by molar-refractivity contribution is 4.83. The van der Waals surface area contributed by atoms with Crippen LogP contribution in [0.25, 0.3) is 0 Å². The van der Waals surface area contributed by atoms with Crippen molar-refractivity contribution in [3.8, 4) is 0 Å². The van der Waals surface area contributed by atoms with E-state index in [0.29, 0.717) is 6.10 Å². The Morgan fingerprint density at radius 2 is 2.24 bits per heavy atom. The lowest BCUT2D eigenvalue weighted by Crippen LogP contribution is -2.48. The van der Waals surface area contributed by atoms with Crippen LogP contribution in [-0.4, -0.2) is 49.8 Å². The first kappa shape index (κ1) is 13.3. The largest absolute Gasteiger partial charge is 0.378 e. The smallest absolute Gasteiger partial charge is 0.0588 e. The minimum absolute atomic E-state index is 0.553. The molecular formula is C14H28N2O. The predicted octanol–water partition coefficient (Wildman–Crippen LogP) is 1.88. The molecule has 0 saturated carbocycles. The van der Waals surface area contributed by atoms with Crippen LogP contribution in [0, 0.1) is 5.92 Å². The van der Waals surface area contributed by atoms with Crippen molar-refractivity contribution in [2.24, 2.45) is 5.92 Å². The highest BCUT2D eigenvalue weighted by Crippen LogP contribution is 2.20. The maximum absolute atomic E-state index is 5.69. The Morgan fingerprint density at radius 1 is 1.35 bits per heavy atom. The first-order chi connectivity index (χ1) is 8.29. The van der Waals surface area contributed by atoms with Crippen LogP contribution in [0.15, 0.2) is 0 Å².